The van der Waals surface area contributed by atoms with Crippen molar-refractivity contribution in [3.8, 4) is 5.75 Å². The summed E-state index contributed by atoms with van der Waals surface area (Å²) in [4.78, 5) is 19.7. The monoisotopic (exact) mass is 646 g/mol. The van der Waals surface area contributed by atoms with Gasteiger partial charge < -0.3 is 20.3 Å². The third-order valence-electron chi connectivity index (χ3n) is 6.69. The molecule has 3 N–H and O–H groups in total. The van der Waals surface area contributed by atoms with Crippen LogP contribution in [0.2, 0.25) is 5.02 Å². The van der Waals surface area contributed by atoms with Crippen molar-refractivity contribution < 1.29 is 31.1 Å². The molecule has 0 amide bonds. The zero-order valence-electron chi connectivity index (χ0n) is 23.2. The molecule has 44 heavy (non-hydrogen) atoms. The molecule has 15 heteroatoms. The first-order valence-electron chi connectivity index (χ1n) is 13.2. The number of nitrogens with zero attached hydrogens (tertiary/aromatic N) is 3. The van der Waals surface area contributed by atoms with Gasteiger partial charge in [-0.05, 0) is 66.4 Å². The number of hydrogen-bond donors (Lipinski definition) is 3. The zero-order valence-corrected chi connectivity index (χ0v) is 24.7. The summed E-state index contributed by atoms with van der Waals surface area (Å²) in [6.07, 6.45) is -2.86. The number of ether oxygens (including phenoxy) is 1. The molecule has 2 aliphatic heterocycles. The Bertz CT molecular complexity index is 1810. The van der Waals surface area contributed by atoms with E-state index in [1.54, 1.807) is 30.3 Å². The molecular formula is C29H26ClF3N6O4S. The molecular weight excluding hydrogens is 621 g/mol. The first-order chi connectivity index (χ1) is 20.9. The second-order valence-corrected chi connectivity index (χ2v) is 12.0. The Labute approximate surface area is 256 Å². The third-order valence-corrected chi connectivity index (χ3v) is 8.33. The molecule has 3 aromatic carbocycles. The Morgan fingerprint density at radius 2 is 1.82 bits per heavy atom. The summed E-state index contributed by atoms with van der Waals surface area (Å²) in [7, 11) is -1.91. The quantitative estimate of drug-likeness (QED) is 0.227. The van der Waals surface area contributed by atoms with Crippen LogP contribution in [0, 0.1) is 0 Å². The highest BCUT2D eigenvalue weighted by atomic mass is 35.5. The van der Waals surface area contributed by atoms with Gasteiger partial charge >= 0.3 is 6.18 Å². The smallest absolute Gasteiger partial charge is 0.446 e. The maximum absolute atomic E-state index is 13.4. The summed E-state index contributed by atoms with van der Waals surface area (Å²) in [6, 6.07) is 18.4. The minimum Gasteiger partial charge on any atom is -0.490 e. The SMILES string of the molecule is CN1CCOc2cc(S(=O)(=O)Nc3ccc4cc3CCc3cccc(c3)Nc3ncc(Cl)c(n3)N4)ccc21.O=CC(F)(F)F. The Morgan fingerprint density at radius 3 is 2.59 bits per heavy atom. The fraction of sp³-hybridized carbons (Fsp3) is 0.207. The summed E-state index contributed by atoms with van der Waals surface area (Å²) < 4.78 is 66.6. The molecule has 0 spiro atoms. The Kier molecular flexibility index (Phi) is 8.83. The van der Waals surface area contributed by atoms with Gasteiger partial charge in [0.2, 0.25) is 12.2 Å². The lowest BCUT2D eigenvalue weighted by Gasteiger charge is -2.28. The number of likely N-dealkylation sites (N-methyl/N-ethyl adjacent to an activating group) is 1. The molecule has 0 atom stereocenters. The summed E-state index contributed by atoms with van der Waals surface area (Å²) in [6.45, 7) is 1.26. The van der Waals surface area contributed by atoms with Gasteiger partial charge in [0.15, 0.2) is 5.82 Å². The van der Waals surface area contributed by atoms with Crippen molar-refractivity contribution in [1.29, 1.82) is 0 Å². The minimum atomic E-state index is -4.64. The van der Waals surface area contributed by atoms with Gasteiger partial charge in [-0.25, -0.2) is 13.4 Å². The number of fused-ring (bicyclic) bond motifs is 7. The van der Waals surface area contributed by atoms with Crippen LogP contribution in [0.25, 0.3) is 0 Å². The summed E-state index contributed by atoms with van der Waals surface area (Å²) in [5, 5.41) is 6.82. The predicted octanol–water partition coefficient (Wildman–Crippen LogP) is 6.09. The molecule has 3 heterocycles. The number of anilines is 6. The lowest BCUT2D eigenvalue weighted by atomic mass is 10.0. The topological polar surface area (TPSA) is 126 Å². The molecule has 0 aliphatic carbocycles. The highest BCUT2D eigenvalue weighted by Crippen LogP contribution is 2.34. The number of aromatic nitrogens is 2. The number of carbonyl (C=O) groups is 1. The third kappa shape index (κ3) is 7.50. The largest absolute Gasteiger partial charge is 0.490 e. The van der Waals surface area contributed by atoms with E-state index in [0.717, 1.165) is 34.7 Å². The van der Waals surface area contributed by atoms with Crippen molar-refractivity contribution in [3.63, 3.8) is 0 Å². The van der Waals surface area contributed by atoms with Crippen LogP contribution in [-0.4, -0.2) is 51.0 Å². The van der Waals surface area contributed by atoms with Gasteiger partial charge in [-0.15, -0.1) is 0 Å². The van der Waals surface area contributed by atoms with Crippen LogP contribution < -0.4 is 25.0 Å². The minimum absolute atomic E-state index is 0.143. The van der Waals surface area contributed by atoms with Crippen molar-refractivity contribution in [2.75, 3.05) is 40.5 Å². The number of carbonyl (C=O) groups excluding carboxylic acids is 1. The fourth-order valence-electron chi connectivity index (χ4n) is 4.55. The van der Waals surface area contributed by atoms with E-state index in [2.05, 4.69) is 25.3 Å². The van der Waals surface area contributed by atoms with E-state index in [1.165, 1.54) is 6.20 Å². The average Bonchev–Trinajstić information content (AvgIpc) is 2.99. The van der Waals surface area contributed by atoms with E-state index in [0.29, 0.717) is 47.7 Å². The van der Waals surface area contributed by atoms with Crippen molar-refractivity contribution in [2.24, 2.45) is 0 Å². The lowest BCUT2D eigenvalue weighted by molar-refractivity contribution is -0.156. The molecule has 0 saturated heterocycles. The Balaban J connectivity index is 0.000000584. The summed E-state index contributed by atoms with van der Waals surface area (Å²) in [5.41, 5.74) is 4.87. The normalized spacial score (nSPS) is 14.0. The summed E-state index contributed by atoms with van der Waals surface area (Å²) in [5.74, 6) is 1.41. The molecule has 6 bridgehead atoms. The molecule has 0 unspecified atom stereocenters. The van der Waals surface area contributed by atoms with Crippen LogP contribution >= 0.6 is 11.6 Å². The molecule has 2 aliphatic rings. The number of hydrogen-bond acceptors (Lipinski definition) is 9. The van der Waals surface area contributed by atoms with E-state index in [-0.39, 0.29) is 4.90 Å². The lowest BCUT2D eigenvalue weighted by Crippen LogP contribution is -2.29. The number of rotatable bonds is 3. The number of aldehydes is 1. The van der Waals surface area contributed by atoms with Crippen molar-refractivity contribution in [1.82, 2.24) is 9.97 Å². The molecule has 4 aromatic rings. The van der Waals surface area contributed by atoms with E-state index >= 15 is 0 Å². The van der Waals surface area contributed by atoms with Gasteiger partial charge in [-0.1, -0.05) is 23.7 Å². The summed E-state index contributed by atoms with van der Waals surface area (Å²) >= 11 is 6.36. The van der Waals surface area contributed by atoms with Crippen LogP contribution in [-0.2, 0) is 27.7 Å². The van der Waals surface area contributed by atoms with E-state index in [1.807, 2.05) is 42.3 Å². The Morgan fingerprint density at radius 1 is 1.05 bits per heavy atom. The second kappa shape index (κ2) is 12.6. The molecule has 6 rings (SSSR count). The standard InChI is InChI=1S/C27H25ClN6O3S.C2HF3O/c1-34-11-12-37-25-15-21(8-10-24(25)34)38(35,36)33-23-9-7-20-14-18(23)6-5-17-3-2-4-19(13-17)31-27-29-16-22(28)26(30-20)32-27;3-2(4,5)1-6/h2-4,7-10,13-16,33H,5-6,11-12H2,1H3,(H2,29,30,31,32);1H. The van der Waals surface area contributed by atoms with Gasteiger partial charge in [0, 0.05) is 24.5 Å². The second-order valence-electron chi connectivity index (χ2n) is 9.88. The highest BCUT2D eigenvalue weighted by molar-refractivity contribution is 7.92. The van der Waals surface area contributed by atoms with Gasteiger partial charge in [-0.3, -0.25) is 9.52 Å². The van der Waals surface area contributed by atoms with Crippen molar-refractivity contribution in [3.05, 3.63) is 83.0 Å². The average molecular weight is 647 g/mol. The molecule has 10 nitrogen and oxygen atoms in total. The van der Waals surface area contributed by atoms with Gasteiger partial charge in [0.05, 0.1) is 29.0 Å². The highest BCUT2D eigenvalue weighted by Gasteiger charge is 2.25. The van der Waals surface area contributed by atoms with Crippen molar-refractivity contribution >= 4 is 62.4 Å². The van der Waals surface area contributed by atoms with Crippen LogP contribution in [0.4, 0.5) is 47.7 Å². The molecule has 0 saturated carbocycles. The number of benzene rings is 3. The zero-order chi connectivity index (χ0) is 31.5. The first-order valence-corrected chi connectivity index (χ1v) is 15.1. The van der Waals surface area contributed by atoms with Crippen LogP contribution in [0.3, 0.4) is 0 Å². The van der Waals surface area contributed by atoms with Crippen LogP contribution in [0.15, 0.2) is 71.8 Å². The fourth-order valence-corrected chi connectivity index (χ4v) is 5.81. The van der Waals surface area contributed by atoms with Gasteiger partial charge in [0.1, 0.15) is 17.4 Å². The van der Waals surface area contributed by atoms with Crippen molar-refractivity contribution in [2.45, 2.75) is 23.9 Å². The van der Waals surface area contributed by atoms with E-state index < -0.39 is 22.5 Å². The van der Waals surface area contributed by atoms with Crippen LogP contribution in [0.1, 0.15) is 11.1 Å². The maximum atomic E-state index is 13.4. The number of halogens is 4. The van der Waals surface area contributed by atoms with E-state index in [9.17, 15) is 21.6 Å². The molecule has 0 fully saturated rings. The number of alkyl halides is 3. The number of sulfonamides is 1. The molecule has 230 valence electrons. The maximum Gasteiger partial charge on any atom is 0.446 e. The predicted molar refractivity (Wildman–Crippen MR) is 162 cm³/mol. The number of nitrogens with one attached hydrogen (secondary N) is 3. The van der Waals surface area contributed by atoms with E-state index in [4.69, 9.17) is 21.1 Å². The molecule has 1 aromatic heterocycles. The van der Waals surface area contributed by atoms with Crippen LogP contribution in [0.5, 0.6) is 5.75 Å². The number of aryl methyl sites for hydroxylation is 2. The first kappa shape index (κ1) is 30.9. The Hall–Kier alpha value is -4.56. The van der Waals surface area contributed by atoms with Gasteiger partial charge in [0.25, 0.3) is 10.0 Å². The molecule has 0 radical (unpaired) electrons. The van der Waals surface area contributed by atoms with Gasteiger partial charge in [-0.2, -0.15) is 18.2 Å².